The van der Waals surface area contributed by atoms with Gasteiger partial charge in [-0.1, -0.05) is 29.9 Å². The van der Waals surface area contributed by atoms with Gasteiger partial charge in [0, 0.05) is 60.7 Å². The molecule has 0 bridgehead atoms. The number of aromatic amines is 4. The number of esters is 1. The van der Waals surface area contributed by atoms with Crippen LogP contribution in [0.4, 0.5) is 11.9 Å². The highest BCUT2D eigenvalue weighted by molar-refractivity contribution is 8.44. The summed E-state index contributed by atoms with van der Waals surface area (Å²) in [7, 11) is -2.89. The van der Waals surface area contributed by atoms with Crippen molar-refractivity contribution in [1.82, 2.24) is 58.1 Å². The summed E-state index contributed by atoms with van der Waals surface area (Å²) >= 11 is 15.3. The Bertz CT molecular complexity index is 4590. The molecule has 4 aliphatic heterocycles. The van der Waals surface area contributed by atoms with Gasteiger partial charge in [0.05, 0.1) is 38.6 Å². The number of aromatic nitrogens is 12. The Labute approximate surface area is 542 Å². The van der Waals surface area contributed by atoms with Gasteiger partial charge in [0.25, 0.3) is 22.2 Å². The molecule has 506 valence electrons. The van der Waals surface area contributed by atoms with Crippen LogP contribution < -0.4 is 49.6 Å². The predicted molar refractivity (Wildman–Crippen MR) is 334 cm³/mol. The number of carbonyl (C=O) groups excluding carboxylic acids is 1. The molecule has 10 heterocycles. The number of hydrogen-bond acceptors (Lipinski definition) is 30. The van der Waals surface area contributed by atoms with Crippen LogP contribution in [0.1, 0.15) is 74.2 Å². The third kappa shape index (κ3) is 16.0. The lowest BCUT2D eigenvalue weighted by molar-refractivity contribution is -0.147. The fourth-order valence-electron chi connectivity index (χ4n) is 10.6. The van der Waals surface area contributed by atoms with Gasteiger partial charge < -0.3 is 63.0 Å². The summed E-state index contributed by atoms with van der Waals surface area (Å²) in [6.07, 6.45) is -10.6. The first-order valence-electron chi connectivity index (χ1n) is 28.1. The number of imidazole rings is 2. The lowest BCUT2D eigenvalue weighted by atomic mass is 10.2. The average molecular weight is 1450 g/mol. The summed E-state index contributed by atoms with van der Waals surface area (Å²) in [6.45, 7) is -10.2. The zero-order valence-electron chi connectivity index (χ0n) is 49.4. The quantitative estimate of drug-likeness (QED) is 0.0224. The van der Waals surface area contributed by atoms with E-state index in [2.05, 4.69) is 52.1 Å². The molecule has 16 atom stereocenters. The van der Waals surface area contributed by atoms with Gasteiger partial charge in [-0.15, -0.1) is 4.52 Å². The molecule has 1 aromatic carbocycles. The van der Waals surface area contributed by atoms with Gasteiger partial charge in [0.1, 0.15) is 74.2 Å². The fraction of sp³-hybridized carbons (Fsp3) is 0.490. The Kier molecular flexibility index (Phi) is 20.5. The molecule has 94 heavy (non-hydrogen) atoms. The van der Waals surface area contributed by atoms with Gasteiger partial charge in [-0.25, -0.2) is 28.6 Å². The number of ether oxygens (including phenoxy) is 5. The number of carbonyl (C=O) groups is 1. The first-order chi connectivity index (χ1) is 44.4. The van der Waals surface area contributed by atoms with Crippen molar-refractivity contribution in [3.05, 3.63) is 128 Å². The number of hydrogen-bond donors (Lipinski definition) is 9. The van der Waals surface area contributed by atoms with Crippen LogP contribution in [0.2, 0.25) is 0 Å². The number of H-pyrrole nitrogens is 4. The second-order valence-corrected chi connectivity index (χ2v) is 31.1. The number of benzene rings is 1. The molecule has 4 saturated heterocycles. The van der Waals surface area contributed by atoms with Crippen molar-refractivity contribution < 1.29 is 83.6 Å². The molecule has 45 heteroatoms. The smallest absolute Gasteiger partial charge is 0.463 e. The number of rotatable bonds is 25. The standard InChI is InChI=1S/C49H58N14O24P4S3/c1-21-5-7-25(8-6-21)83-88(71)84-26-9-36(62-19-52-38-40(62)54-46(50)56-44(38)67)80-31(26)16-76-89(72,92)87-29-12-37(63-20-53-39-41(63)55-47(51)57-45(39)68)82-33(29)18-78-91(74,94)86-28-11-35(61-14-23(3)43(66)59-49(61)70)81-32(28)17-77-90(73,93)85-27-10-34(79-30(27)15-75-24(4)64)60-13-22(2)42(65)58-48(60)69/h5-8,13-14,19-20,26-37H,9-12,15-18H2,1-4H3,(H10-,50,51,54,55,56,57,58,59,65,66,67,68,69,70,72,73,74,92,93,94)/p+1/t26-,27-,28-,29-,30+,31+,32+,33+,34+,35+,36+,37+,89?,90?,91?/m0/s1. The van der Waals surface area contributed by atoms with Crippen LogP contribution in [0.5, 0.6) is 5.75 Å². The molecule has 38 nitrogen and oxygen atoms in total. The number of fused-ring (bicyclic) bond motifs is 2. The van der Waals surface area contributed by atoms with E-state index in [1.54, 1.807) is 24.3 Å². The van der Waals surface area contributed by atoms with Crippen LogP contribution in [0, 0.1) is 20.8 Å². The monoisotopic (exact) mass is 1450 g/mol. The van der Waals surface area contributed by atoms with E-state index in [-0.39, 0.29) is 76.8 Å². The summed E-state index contributed by atoms with van der Waals surface area (Å²) in [4.78, 5) is 137. The van der Waals surface area contributed by atoms with Crippen LogP contribution in [0.3, 0.4) is 0 Å². The van der Waals surface area contributed by atoms with Crippen molar-refractivity contribution in [1.29, 1.82) is 0 Å². The fourth-order valence-corrected chi connectivity index (χ4v) is 15.8. The maximum Gasteiger partial charge on any atom is 0.750 e. The van der Waals surface area contributed by atoms with Gasteiger partial charge >= 0.3 is 45.8 Å². The zero-order valence-corrected chi connectivity index (χ0v) is 55.5. The summed E-state index contributed by atoms with van der Waals surface area (Å²) in [5.41, 5.74) is 8.35. The van der Waals surface area contributed by atoms with E-state index in [1.807, 2.05) is 6.92 Å². The Hall–Kier alpha value is -6.39. The minimum atomic E-state index is -4.71. The van der Waals surface area contributed by atoms with Gasteiger partial charge in [0.2, 0.25) is 11.9 Å². The first-order valence-corrected chi connectivity index (χ1v) is 37.1. The van der Waals surface area contributed by atoms with E-state index in [0.29, 0.717) is 0 Å². The number of nitrogens with zero attached hydrogens (tertiary/aromatic N) is 8. The molecular formula is C49H59N14O24P4S3+. The van der Waals surface area contributed by atoms with Gasteiger partial charge in [-0.3, -0.25) is 71.2 Å². The van der Waals surface area contributed by atoms with Crippen LogP contribution in [0.25, 0.3) is 22.3 Å². The Morgan fingerprint density at radius 2 is 1.03 bits per heavy atom. The Morgan fingerprint density at radius 1 is 0.628 bits per heavy atom. The minimum Gasteiger partial charge on any atom is -0.463 e. The summed E-state index contributed by atoms with van der Waals surface area (Å²) in [5, 5.41) is 0. The molecule has 0 radical (unpaired) electrons. The summed E-state index contributed by atoms with van der Waals surface area (Å²) < 4.78 is 110. The Morgan fingerprint density at radius 3 is 1.49 bits per heavy atom. The van der Waals surface area contributed by atoms with E-state index in [4.69, 9.17) is 95.0 Å². The number of aryl methyl sites for hydroxylation is 3. The molecular weight excluding hydrogens is 1390 g/mol. The normalized spacial score (nSPS) is 26.7. The third-order valence-electron chi connectivity index (χ3n) is 15.0. The number of nitrogen functional groups attached to an aromatic ring is 2. The van der Waals surface area contributed by atoms with Crippen LogP contribution in [-0.2, 0) is 92.9 Å². The summed E-state index contributed by atoms with van der Waals surface area (Å²) in [5.74, 6) is -0.961. The van der Waals surface area contributed by atoms with E-state index >= 15 is 0 Å². The molecule has 4 unspecified atom stereocenters. The number of nitrogens with two attached hydrogens (primary N) is 2. The summed E-state index contributed by atoms with van der Waals surface area (Å²) in [6, 6.07) is 6.65. The number of anilines is 2. The number of thiol groups is 1. The highest BCUT2D eigenvalue weighted by Crippen LogP contribution is 2.58. The van der Waals surface area contributed by atoms with Crippen molar-refractivity contribution >= 4 is 105 Å². The highest BCUT2D eigenvalue weighted by Gasteiger charge is 2.49. The van der Waals surface area contributed by atoms with Gasteiger partial charge in [0.15, 0.2) is 28.1 Å². The van der Waals surface area contributed by atoms with Crippen molar-refractivity contribution in [2.24, 2.45) is 0 Å². The lowest BCUT2D eigenvalue weighted by Crippen LogP contribution is -2.33. The molecule has 4 aliphatic rings. The lowest BCUT2D eigenvalue weighted by Gasteiger charge is -2.27. The maximum absolute atomic E-state index is 14.6. The van der Waals surface area contributed by atoms with E-state index < -0.39 is 168 Å². The highest BCUT2D eigenvalue weighted by atomic mass is 32.7. The largest absolute Gasteiger partial charge is 0.750 e. The van der Waals surface area contributed by atoms with Crippen LogP contribution in [0.15, 0.2) is 78.1 Å². The number of nitrogens with one attached hydrogen (secondary N) is 4. The zero-order chi connectivity index (χ0) is 67.3. The van der Waals surface area contributed by atoms with Crippen molar-refractivity contribution in [2.45, 2.75) is 127 Å². The second-order valence-electron chi connectivity index (χ2n) is 21.8. The molecule has 11 rings (SSSR count). The van der Waals surface area contributed by atoms with Gasteiger partial charge in [-0.05, 0) is 56.5 Å². The molecule has 0 spiro atoms. The van der Waals surface area contributed by atoms with E-state index in [9.17, 15) is 52.5 Å². The third-order valence-corrected chi connectivity index (χ3v) is 20.7. The average Bonchev–Trinajstić information content (AvgIpc) is 1.64. The molecule has 10 N–H and O–H groups in total. The topological polar surface area (TPSA) is 501 Å². The minimum absolute atomic E-state index is 0.0359. The van der Waals surface area contributed by atoms with Crippen LogP contribution in [-0.4, -0.2) is 149 Å². The molecule has 0 aliphatic carbocycles. The molecule has 4 fully saturated rings. The van der Waals surface area contributed by atoms with Crippen molar-refractivity contribution in [3.63, 3.8) is 0 Å². The molecule has 7 aromatic rings. The van der Waals surface area contributed by atoms with Crippen molar-refractivity contribution in [2.75, 3.05) is 37.9 Å². The Balaban J connectivity index is 0.808. The SMILES string of the molecule is CC(=O)OC[C@H]1O[C@@H](n2cc(C)c(=O)[nH]c2=O)C[C@@H]1OP(O)(=S)OC[C@H]1O[C@@H](n2cc(C)c(=O)[nH]c2=O)C[C@@H]1OP(=O)(S)OC[C@H]1O[C@@H](n2cnc3c(=O)[nH]c(N)nc32)C[C@@H]1OP(O)(=S)OC[C@H]1O[C@@H](n2cnc3c(=O)[nH]c(N)nc32)C[C@@H]1O[P+](=O)Oc1ccc(C)cc1. The van der Waals surface area contributed by atoms with Gasteiger partial charge in [-0.2, -0.15) is 9.97 Å². The molecule has 0 saturated carbocycles. The molecule has 6 aromatic heterocycles. The van der Waals surface area contributed by atoms with Crippen molar-refractivity contribution in [3.8, 4) is 5.75 Å². The maximum atomic E-state index is 14.6. The molecule has 0 amide bonds. The van der Waals surface area contributed by atoms with E-state index in [0.717, 1.165) is 21.6 Å². The second kappa shape index (κ2) is 28.0. The predicted octanol–water partition coefficient (Wildman–Crippen LogP) is 1.95. The first kappa shape index (κ1) is 69.0. The van der Waals surface area contributed by atoms with Crippen LogP contribution >= 0.6 is 40.7 Å². The van der Waals surface area contributed by atoms with E-state index in [1.165, 1.54) is 48.0 Å².